The van der Waals surface area contributed by atoms with E-state index in [1.165, 1.54) is 18.4 Å². The quantitative estimate of drug-likeness (QED) is 0.595. The summed E-state index contributed by atoms with van der Waals surface area (Å²) in [5.74, 6) is 1.39. The number of thioether (sulfide) groups is 1. The van der Waals surface area contributed by atoms with Gasteiger partial charge in [0, 0.05) is 50.3 Å². The van der Waals surface area contributed by atoms with Gasteiger partial charge in [-0.15, -0.1) is 0 Å². The Bertz CT molecular complexity index is 569. The highest BCUT2D eigenvalue weighted by molar-refractivity contribution is 7.99. The largest absolute Gasteiger partial charge is 0.346 e. The van der Waals surface area contributed by atoms with Crippen molar-refractivity contribution in [2.75, 3.05) is 32.4 Å². The van der Waals surface area contributed by atoms with Crippen LogP contribution < -0.4 is 0 Å². The molecule has 0 N–H and O–H groups in total. The van der Waals surface area contributed by atoms with Gasteiger partial charge >= 0.3 is 0 Å². The number of nitrogens with zero attached hydrogens (tertiary/aromatic N) is 4. The molecule has 0 radical (unpaired) electrons. The van der Waals surface area contributed by atoms with Crippen LogP contribution in [-0.4, -0.2) is 58.1 Å². The molecule has 0 unspecified atom stereocenters. The van der Waals surface area contributed by atoms with Crippen LogP contribution in [0.1, 0.15) is 51.0 Å². The van der Waals surface area contributed by atoms with Crippen LogP contribution in [0.5, 0.6) is 0 Å². The summed E-state index contributed by atoms with van der Waals surface area (Å²) in [7, 11) is 1.94. The van der Waals surface area contributed by atoms with Gasteiger partial charge in [0.1, 0.15) is 0 Å². The number of hydrogen-bond donors (Lipinski definition) is 0. The van der Waals surface area contributed by atoms with Gasteiger partial charge in [0.2, 0.25) is 5.91 Å². The predicted octanol–water partition coefficient (Wildman–Crippen LogP) is 3.20. The first-order valence-corrected chi connectivity index (χ1v) is 10.5. The third-order valence-corrected chi connectivity index (χ3v) is 6.79. The van der Waals surface area contributed by atoms with Gasteiger partial charge in [-0.05, 0) is 50.6 Å². The van der Waals surface area contributed by atoms with E-state index in [0.29, 0.717) is 11.3 Å². The minimum atomic E-state index is 0.317. The summed E-state index contributed by atoms with van der Waals surface area (Å²) in [4.78, 5) is 25.3. The fraction of sp³-hybridized carbons (Fsp3) is 0.737. The number of piperidine rings is 1. The smallest absolute Gasteiger partial charge is 0.222 e. The van der Waals surface area contributed by atoms with E-state index in [4.69, 9.17) is 0 Å². The highest BCUT2D eigenvalue weighted by Crippen LogP contribution is 2.41. The third kappa shape index (κ3) is 4.94. The first-order valence-electron chi connectivity index (χ1n) is 9.50. The average molecular weight is 363 g/mol. The van der Waals surface area contributed by atoms with E-state index in [-0.39, 0.29) is 0 Å². The van der Waals surface area contributed by atoms with Crippen molar-refractivity contribution in [3.05, 3.63) is 18.0 Å². The summed E-state index contributed by atoms with van der Waals surface area (Å²) in [6, 6.07) is 0. The fourth-order valence-electron chi connectivity index (χ4n) is 3.85. The minimum Gasteiger partial charge on any atom is -0.346 e. The summed E-state index contributed by atoms with van der Waals surface area (Å²) in [6.45, 7) is 6.26. The number of likely N-dealkylation sites (tertiary alicyclic amines) is 2. The van der Waals surface area contributed by atoms with Crippen LogP contribution in [0.15, 0.2) is 17.6 Å². The lowest BCUT2D eigenvalue weighted by Crippen LogP contribution is -2.40. The van der Waals surface area contributed by atoms with Crippen LogP contribution in [-0.2, 0) is 11.3 Å². The molecule has 0 bridgehead atoms. The van der Waals surface area contributed by atoms with Crippen molar-refractivity contribution in [1.29, 1.82) is 0 Å². The Morgan fingerprint density at radius 3 is 2.48 bits per heavy atom. The second-order valence-corrected chi connectivity index (χ2v) is 8.63. The second-order valence-electron chi connectivity index (χ2n) is 7.56. The van der Waals surface area contributed by atoms with Crippen molar-refractivity contribution in [3.8, 4) is 0 Å². The molecule has 1 spiro atoms. The summed E-state index contributed by atoms with van der Waals surface area (Å²) in [5, 5.41) is 0.885. The fourth-order valence-corrected chi connectivity index (χ4v) is 4.49. The van der Waals surface area contributed by atoms with Crippen molar-refractivity contribution in [2.45, 2.75) is 57.1 Å². The molecule has 0 saturated carbocycles. The molecule has 0 aromatic carbocycles. The van der Waals surface area contributed by atoms with E-state index >= 15 is 0 Å². The first-order chi connectivity index (χ1) is 12.1. The van der Waals surface area contributed by atoms with Crippen LogP contribution in [0, 0.1) is 5.41 Å². The number of rotatable bonds is 5. The Morgan fingerprint density at radius 1 is 1.12 bits per heavy atom. The molecular weight excluding hydrogens is 332 g/mol. The Labute approximate surface area is 155 Å². The average Bonchev–Trinajstić information content (AvgIpc) is 2.78. The SMILES string of the molecule is CCCSc1ncc(CN2CCC3(CCC(=O)N(C)CC3)CC2)cn1. The number of carbonyl (C=O) groups is 1. The van der Waals surface area contributed by atoms with E-state index in [0.717, 1.165) is 62.8 Å². The van der Waals surface area contributed by atoms with Gasteiger partial charge in [0.05, 0.1) is 0 Å². The lowest BCUT2D eigenvalue weighted by Gasteiger charge is -2.41. The van der Waals surface area contributed by atoms with E-state index in [9.17, 15) is 4.79 Å². The van der Waals surface area contributed by atoms with Gasteiger partial charge in [-0.2, -0.15) is 0 Å². The van der Waals surface area contributed by atoms with Crippen molar-refractivity contribution in [1.82, 2.24) is 19.8 Å². The standard InChI is InChI=1S/C19H30N4OS/c1-3-12-25-18-20-13-16(14-21-18)15-23-10-7-19(8-11-23)5-4-17(24)22(2)9-6-19/h13-14H,3-12,15H2,1-2H3. The summed E-state index contributed by atoms with van der Waals surface area (Å²) in [5.41, 5.74) is 1.58. The lowest BCUT2D eigenvalue weighted by atomic mass is 9.73. The summed E-state index contributed by atoms with van der Waals surface area (Å²) >= 11 is 1.72. The van der Waals surface area contributed by atoms with Crippen molar-refractivity contribution in [3.63, 3.8) is 0 Å². The van der Waals surface area contributed by atoms with Crippen molar-refractivity contribution in [2.24, 2.45) is 5.41 Å². The third-order valence-electron chi connectivity index (χ3n) is 5.71. The zero-order valence-corrected chi connectivity index (χ0v) is 16.4. The molecule has 0 atom stereocenters. The molecule has 2 fully saturated rings. The maximum absolute atomic E-state index is 11.9. The van der Waals surface area contributed by atoms with Crippen molar-refractivity contribution < 1.29 is 4.79 Å². The molecule has 25 heavy (non-hydrogen) atoms. The van der Waals surface area contributed by atoms with Crippen LogP contribution in [0.2, 0.25) is 0 Å². The van der Waals surface area contributed by atoms with Gasteiger partial charge in [0.15, 0.2) is 5.16 Å². The number of hydrogen-bond acceptors (Lipinski definition) is 5. The van der Waals surface area contributed by atoms with E-state index in [1.54, 1.807) is 11.8 Å². The van der Waals surface area contributed by atoms with Gasteiger partial charge in [0.25, 0.3) is 0 Å². The zero-order valence-electron chi connectivity index (χ0n) is 15.5. The molecule has 5 nitrogen and oxygen atoms in total. The van der Waals surface area contributed by atoms with Gasteiger partial charge in [-0.3, -0.25) is 9.69 Å². The van der Waals surface area contributed by atoms with E-state index in [1.807, 2.05) is 24.3 Å². The molecule has 1 aromatic rings. The summed E-state index contributed by atoms with van der Waals surface area (Å²) in [6.07, 6.45) is 10.5. The molecule has 1 amide bonds. The Morgan fingerprint density at radius 2 is 1.80 bits per heavy atom. The normalized spacial score (nSPS) is 21.5. The molecule has 2 aliphatic heterocycles. The second kappa shape index (κ2) is 8.49. The minimum absolute atomic E-state index is 0.317. The molecule has 3 heterocycles. The van der Waals surface area contributed by atoms with Crippen LogP contribution >= 0.6 is 11.8 Å². The van der Waals surface area contributed by atoms with Crippen LogP contribution in [0.25, 0.3) is 0 Å². The Kier molecular flexibility index (Phi) is 6.34. The molecule has 6 heteroatoms. The van der Waals surface area contributed by atoms with E-state index in [2.05, 4.69) is 21.8 Å². The molecule has 138 valence electrons. The number of amides is 1. The molecule has 1 aromatic heterocycles. The molecule has 3 rings (SSSR count). The van der Waals surface area contributed by atoms with Gasteiger partial charge in [-0.25, -0.2) is 9.97 Å². The molecule has 0 aliphatic carbocycles. The number of carbonyl (C=O) groups excluding carboxylic acids is 1. The van der Waals surface area contributed by atoms with Crippen LogP contribution in [0.3, 0.4) is 0 Å². The highest BCUT2D eigenvalue weighted by atomic mass is 32.2. The summed E-state index contributed by atoms with van der Waals surface area (Å²) < 4.78 is 0. The molecule has 2 saturated heterocycles. The predicted molar refractivity (Wildman–Crippen MR) is 101 cm³/mol. The zero-order chi connectivity index (χ0) is 17.7. The van der Waals surface area contributed by atoms with Crippen molar-refractivity contribution >= 4 is 17.7 Å². The maximum atomic E-state index is 11.9. The van der Waals surface area contributed by atoms with Gasteiger partial charge in [-0.1, -0.05) is 18.7 Å². The first kappa shape index (κ1) is 18.6. The molecule has 2 aliphatic rings. The number of aromatic nitrogens is 2. The topological polar surface area (TPSA) is 49.3 Å². The lowest BCUT2D eigenvalue weighted by molar-refractivity contribution is -0.129. The maximum Gasteiger partial charge on any atom is 0.222 e. The molecular formula is C19H30N4OS. The van der Waals surface area contributed by atoms with Gasteiger partial charge < -0.3 is 4.90 Å². The van der Waals surface area contributed by atoms with E-state index < -0.39 is 0 Å². The highest BCUT2D eigenvalue weighted by Gasteiger charge is 2.37. The van der Waals surface area contributed by atoms with Crippen LogP contribution in [0.4, 0.5) is 0 Å². The Balaban J connectivity index is 1.50. The monoisotopic (exact) mass is 362 g/mol. The Hall–Kier alpha value is -1.14.